The molecule has 1 amide bonds. The van der Waals surface area contributed by atoms with Crippen LogP contribution >= 0.6 is 0 Å². The van der Waals surface area contributed by atoms with Gasteiger partial charge in [-0.3, -0.25) is 4.79 Å². The molecule has 1 N–H and O–H groups in total. The highest BCUT2D eigenvalue weighted by Gasteiger charge is 2.21. The Morgan fingerprint density at radius 3 is 2.56 bits per heavy atom. The van der Waals surface area contributed by atoms with Crippen molar-refractivity contribution in [1.82, 2.24) is 14.9 Å². The summed E-state index contributed by atoms with van der Waals surface area (Å²) in [6, 6.07) is 1.73. The van der Waals surface area contributed by atoms with Crippen LogP contribution in [-0.4, -0.2) is 39.4 Å². The number of carbonyl (C=O) groups is 1. The maximum Gasteiger partial charge on any atom is 0.272 e. The van der Waals surface area contributed by atoms with Crippen LogP contribution in [0.25, 0.3) is 0 Å². The number of aromatic nitrogens is 2. The van der Waals surface area contributed by atoms with Crippen LogP contribution in [0.5, 0.6) is 0 Å². The molecule has 1 fully saturated rings. The van der Waals surface area contributed by atoms with E-state index >= 15 is 0 Å². The van der Waals surface area contributed by atoms with Crippen LogP contribution in [0.3, 0.4) is 0 Å². The maximum absolute atomic E-state index is 12.2. The molecule has 0 unspecified atom stereocenters. The smallest absolute Gasteiger partial charge is 0.272 e. The lowest BCUT2D eigenvalue weighted by atomic mass is 10.1. The first-order valence-electron chi connectivity index (χ1n) is 6.35. The fourth-order valence-electron chi connectivity index (χ4n) is 2.01. The van der Waals surface area contributed by atoms with E-state index < -0.39 is 0 Å². The summed E-state index contributed by atoms with van der Waals surface area (Å²) >= 11 is 0. The summed E-state index contributed by atoms with van der Waals surface area (Å²) in [5, 5.41) is 3.25. The number of nitrogens with zero attached hydrogens (tertiary/aromatic N) is 3. The molecule has 1 saturated heterocycles. The van der Waals surface area contributed by atoms with E-state index in [9.17, 15) is 4.79 Å². The topological polar surface area (TPSA) is 58.1 Å². The number of hydrogen-bond acceptors (Lipinski definition) is 4. The lowest BCUT2D eigenvalue weighted by molar-refractivity contribution is 0.0787. The zero-order valence-corrected chi connectivity index (χ0v) is 11.2. The summed E-state index contributed by atoms with van der Waals surface area (Å²) < 4.78 is 0. The maximum atomic E-state index is 12.2. The van der Waals surface area contributed by atoms with Gasteiger partial charge in [-0.15, -0.1) is 0 Å². The van der Waals surface area contributed by atoms with Crippen LogP contribution in [-0.2, 0) is 0 Å². The van der Waals surface area contributed by atoms with E-state index in [2.05, 4.69) is 36.1 Å². The van der Waals surface area contributed by atoms with Crippen molar-refractivity contribution >= 4 is 11.7 Å². The van der Waals surface area contributed by atoms with Gasteiger partial charge in [0.2, 0.25) is 0 Å². The lowest BCUT2D eigenvalue weighted by Gasteiger charge is -2.21. The minimum atomic E-state index is -0.0810. The molecule has 2 rings (SSSR count). The van der Waals surface area contributed by atoms with Crippen molar-refractivity contribution in [1.29, 1.82) is 0 Å². The van der Waals surface area contributed by atoms with Crippen molar-refractivity contribution in [3.8, 4) is 0 Å². The first kappa shape index (κ1) is 12.8. The molecule has 18 heavy (non-hydrogen) atoms. The Labute approximate surface area is 108 Å². The highest BCUT2D eigenvalue weighted by Crippen LogP contribution is 2.15. The molecular formula is C13H20N4O. The third kappa shape index (κ3) is 3.18. The van der Waals surface area contributed by atoms with Gasteiger partial charge in [0.15, 0.2) is 0 Å². The molecule has 1 aliphatic heterocycles. The zero-order chi connectivity index (χ0) is 13.2. The predicted octanol–water partition coefficient (Wildman–Crippen LogP) is 1.92. The summed E-state index contributed by atoms with van der Waals surface area (Å²) in [6.45, 7) is 7.83. The monoisotopic (exact) mass is 248 g/mol. The van der Waals surface area contributed by atoms with Gasteiger partial charge in [-0.25, -0.2) is 9.97 Å². The van der Waals surface area contributed by atoms with E-state index in [-0.39, 0.29) is 11.4 Å². The molecule has 0 radical (unpaired) electrons. The molecule has 0 spiro atoms. The van der Waals surface area contributed by atoms with Gasteiger partial charge in [0.25, 0.3) is 5.91 Å². The van der Waals surface area contributed by atoms with Gasteiger partial charge in [0.1, 0.15) is 17.8 Å². The van der Waals surface area contributed by atoms with E-state index in [4.69, 9.17) is 0 Å². The van der Waals surface area contributed by atoms with Crippen LogP contribution in [0.2, 0.25) is 0 Å². The fraction of sp³-hybridized carbons (Fsp3) is 0.615. The zero-order valence-electron chi connectivity index (χ0n) is 11.2. The average Bonchev–Trinajstić information content (AvgIpc) is 2.79. The quantitative estimate of drug-likeness (QED) is 0.868. The van der Waals surface area contributed by atoms with E-state index in [1.54, 1.807) is 6.07 Å². The molecule has 5 heteroatoms. The molecule has 1 aliphatic rings. The van der Waals surface area contributed by atoms with Crippen molar-refractivity contribution in [3.63, 3.8) is 0 Å². The van der Waals surface area contributed by atoms with Gasteiger partial charge in [-0.2, -0.15) is 0 Å². The summed E-state index contributed by atoms with van der Waals surface area (Å²) in [4.78, 5) is 22.2. The minimum absolute atomic E-state index is 0.00635. The van der Waals surface area contributed by atoms with E-state index in [1.807, 2.05) is 4.90 Å². The molecule has 2 heterocycles. The summed E-state index contributed by atoms with van der Waals surface area (Å²) in [5.41, 5.74) is 0.390. The van der Waals surface area contributed by atoms with Crippen molar-refractivity contribution in [2.24, 2.45) is 0 Å². The van der Waals surface area contributed by atoms with Gasteiger partial charge in [-0.05, 0) is 33.6 Å². The predicted molar refractivity (Wildman–Crippen MR) is 70.5 cm³/mol. The second-order valence-electron chi connectivity index (χ2n) is 5.66. The number of anilines is 1. The highest BCUT2D eigenvalue weighted by atomic mass is 16.2. The first-order chi connectivity index (χ1) is 8.46. The van der Waals surface area contributed by atoms with E-state index in [0.717, 1.165) is 25.9 Å². The van der Waals surface area contributed by atoms with Crippen LogP contribution in [0.4, 0.5) is 5.82 Å². The highest BCUT2D eigenvalue weighted by molar-refractivity contribution is 5.93. The molecule has 1 aromatic rings. The Morgan fingerprint density at radius 2 is 1.94 bits per heavy atom. The van der Waals surface area contributed by atoms with E-state index in [1.165, 1.54) is 6.33 Å². The van der Waals surface area contributed by atoms with Crippen LogP contribution < -0.4 is 5.32 Å². The average molecular weight is 248 g/mol. The largest absolute Gasteiger partial charge is 0.365 e. The first-order valence-corrected chi connectivity index (χ1v) is 6.35. The Morgan fingerprint density at radius 1 is 1.28 bits per heavy atom. The third-order valence-electron chi connectivity index (χ3n) is 2.78. The van der Waals surface area contributed by atoms with Crippen LogP contribution in [0.15, 0.2) is 12.4 Å². The normalized spacial score (nSPS) is 15.8. The number of nitrogens with one attached hydrogen (secondary N) is 1. The fourth-order valence-corrected chi connectivity index (χ4v) is 2.01. The van der Waals surface area contributed by atoms with Crippen molar-refractivity contribution in [2.75, 3.05) is 18.4 Å². The number of likely N-dealkylation sites (tertiary alicyclic amines) is 1. The molecular weight excluding hydrogens is 228 g/mol. The molecule has 98 valence electrons. The van der Waals surface area contributed by atoms with Crippen LogP contribution in [0.1, 0.15) is 44.1 Å². The van der Waals surface area contributed by atoms with Crippen molar-refractivity contribution in [2.45, 2.75) is 39.2 Å². The molecule has 0 saturated carbocycles. The molecule has 0 aliphatic carbocycles. The summed E-state index contributed by atoms with van der Waals surface area (Å²) in [6.07, 6.45) is 3.62. The minimum Gasteiger partial charge on any atom is -0.365 e. The lowest BCUT2D eigenvalue weighted by Crippen LogP contribution is -2.30. The number of amides is 1. The third-order valence-corrected chi connectivity index (χ3v) is 2.78. The molecule has 0 bridgehead atoms. The van der Waals surface area contributed by atoms with Crippen molar-refractivity contribution < 1.29 is 4.79 Å². The van der Waals surface area contributed by atoms with Gasteiger partial charge < -0.3 is 10.2 Å². The second kappa shape index (κ2) is 4.92. The standard InChI is InChI=1S/C13H20N4O/c1-13(2,3)16-11-8-10(14-9-15-11)12(18)17-6-4-5-7-17/h8-9H,4-7H2,1-3H3,(H,14,15,16). The number of carbonyl (C=O) groups excluding carboxylic acids is 1. The Balaban J connectivity index is 2.13. The van der Waals surface area contributed by atoms with Gasteiger partial charge >= 0.3 is 0 Å². The molecule has 5 nitrogen and oxygen atoms in total. The number of rotatable bonds is 2. The molecule has 0 atom stereocenters. The Kier molecular flexibility index (Phi) is 3.50. The summed E-state index contributed by atoms with van der Waals surface area (Å²) in [5.74, 6) is 0.701. The summed E-state index contributed by atoms with van der Waals surface area (Å²) in [7, 11) is 0. The molecule has 0 aromatic carbocycles. The van der Waals surface area contributed by atoms with Gasteiger partial charge in [-0.1, -0.05) is 0 Å². The van der Waals surface area contributed by atoms with Crippen molar-refractivity contribution in [3.05, 3.63) is 18.1 Å². The van der Waals surface area contributed by atoms with Crippen LogP contribution in [0, 0.1) is 0 Å². The van der Waals surface area contributed by atoms with E-state index in [0.29, 0.717) is 11.5 Å². The Hall–Kier alpha value is -1.65. The van der Waals surface area contributed by atoms with Gasteiger partial charge in [0.05, 0.1) is 0 Å². The number of hydrogen-bond donors (Lipinski definition) is 1. The second-order valence-corrected chi connectivity index (χ2v) is 5.66. The van der Waals surface area contributed by atoms with Gasteiger partial charge in [0, 0.05) is 24.7 Å². The Bertz CT molecular complexity index is 433. The SMILES string of the molecule is CC(C)(C)Nc1cc(C(=O)N2CCCC2)ncn1. The molecule has 1 aromatic heterocycles.